The zero-order valence-corrected chi connectivity index (χ0v) is 14.9. The van der Waals surface area contributed by atoms with Gasteiger partial charge in [-0.25, -0.2) is 4.39 Å². The fraction of sp³-hybridized carbons (Fsp3) is 0.579. The van der Waals surface area contributed by atoms with Crippen LogP contribution < -0.4 is 0 Å². The maximum Gasteiger partial charge on any atom is 0.229 e. The third-order valence-corrected chi connectivity index (χ3v) is 5.50. The largest absolute Gasteiger partial charge is 0.339 e. The van der Waals surface area contributed by atoms with Gasteiger partial charge < -0.3 is 4.52 Å². The molecule has 4 rings (SSSR count). The molecule has 1 aromatic heterocycles. The van der Waals surface area contributed by atoms with E-state index in [1.807, 2.05) is 6.07 Å². The Hall–Kier alpha value is -1.79. The SMILES string of the molecule is C[C@H](c1cccc(F)c1)N1CC[C@@H](N(C)Cc2noc(C3CC3)n2)C1. The highest BCUT2D eigenvalue weighted by atomic mass is 19.1. The number of likely N-dealkylation sites (tertiary alicyclic amines) is 1. The number of aromatic nitrogens is 2. The maximum absolute atomic E-state index is 13.5. The molecule has 2 aliphatic rings. The van der Waals surface area contributed by atoms with Gasteiger partial charge in [-0.05, 0) is 50.9 Å². The van der Waals surface area contributed by atoms with E-state index in [1.54, 1.807) is 12.1 Å². The summed E-state index contributed by atoms with van der Waals surface area (Å²) >= 11 is 0. The third-order valence-electron chi connectivity index (χ3n) is 5.50. The molecule has 0 unspecified atom stereocenters. The van der Waals surface area contributed by atoms with Gasteiger partial charge >= 0.3 is 0 Å². The van der Waals surface area contributed by atoms with Crippen molar-refractivity contribution in [3.8, 4) is 0 Å². The van der Waals surface area contributed by atoms with Crippen LogP contribution in [0, 0.1) is 5.82 Å². The van der Waals surface area contributed by atoms with E-state index in [0.29, 0.717) is 18.5 Å². The molecular formula is C19H25FN4O. The average molecular weight is 344 g/mol. The molecule has 2 atom stereocenters. The van der Waals surface area contributed by atoms with Gasteiger partial charge in [-0.15, -0.1) is 0 Å². The number of halogens is 1. The minimum atomic E-state index is -0.166. The number of hydrogen-bond acceptors (Lipinski definition) is 5. The van der Waals surface area contributed by atoms with Crippen LogP contribution in [-0.2, 0) is 6.54 Å². The molecule has 0 amide bonds. The summed E-state index contributed by atoms with van der Waals surface area (Å²) in [7, 11) is 2.12. The van der Waals surface area contributed by atoms with E-state index in [1.165, 1.54) is 18.9 Å². The zero-order valence-electron chi connectivity index (χ0n) is 14.9. The average Bonchev–Trinajstić information content (AvgIpc) is 3.15. The summed E-state index contributed by atoms with van der Waals surface area (Å²) in [5.41, 5.74) is 1.04. The van der Waals surface area contributed by atoms with E-state index in [4.69, 9.17) is 4.52 Å². The van der Waals surface area contributed by atoms with E-state index >= 15 is 0 Å². The number of nitrogens with zero attached hydrogens (tertiary/aromatic N) is 4. The lowest BCUT2D eigenvalue weighted by molar-refractivity contribution is 0.198. The van der Waals surface area contributed by atoms with E-state index in [2.05, 4.69) is 33.9 Å². The summed E-state index contributed by atoms with van der Waals surface area (Å²) in [6.45, 7) is 4.86. The predicted octanol–water partition coefficient (Wildman–Crippen LogP) is 3.35. The van der Waals surface area contributed by atoms with Crippen LogP contribution >= 0.6 is 0 Å². The fourth-order valence-electron chi connectivity index (χ4n) is 3.64. The first-order valence-corrected chi connectivity index (χ1v) is 9.12. The lowest BCUT2D eigenvalue weighted by Crippen LogP contribution is -2.35. The molecule has 1 aliphatic heterocycles. The van der Waals surface area contributed by atoms with Gasteiger partial charge in [0.1, 0.15) is 5.82 Å². The molecular weight excluding hydrogens is 319 g/mol. The second kappa shape index (κ2) is 6.84. The van der Waals surface area contributed by atoms with Gasteiger partial charge in [-0.2, -0.15) is 4.98 Å². The molecule has 2 aromatic rings. The number of likely N-dealkylation sites (N-methyl/N-ethyl adjacent to an activating group) is 1. The molecule has 1 saturated heterocycles. The molecule has 5 nitrogen and oxygen atoms in total. The molecule has 0 spiro atoms. The molecule has 0 N–H and O–H groups in total. The lowest BCUT2D eigenvalue weighted by atomic mass is 10.1. The van der Waals surface area contributed by atoms with Gasteiger partial charge in [0.25, 0.3) is 0 Å². The van der Waals surface area contributed by atoms with Crippen LogP contribution in [0.25, 0.3) is 0 Å². The van der Waals surface area contributed by atoms with Gasteiger partial charge in [-0.3, -0.25) is 9.80 Å². The topological polar surface area (TPSA) is 45.4 Å². The highest BCUT2D eigenvalue weighted by Gasteiger charge is 2.32. The Morgan fingerprint density at radius 1 is 1.36 bits per heavy atom. The van der Waals surface area contributed by atoms with Crippen LogP contribution in [0.15, 0.2) is 28.8 Å². The third kappa shape index (κ3) is 3.75. The van der Waals surface area contributed by atoms with Crippen molar-refractivity contribution >= 4 is 0 Å². The summed E-state index contributed by atoms with van der Waals surface area (Å²) in [6.07, 6.45) is 3.45. The van der Waals surface area contributed by atoms with Crippen molar-refractivity contribution in [2.24, 2.45) is 0 Å². The smallest absolute Gasteiger partial charge is 0.229 e. The van der Waals surface area contributed by atoms with Crippen LogP contribution in [0.4, 0.5) is 4.39 Å². The van der Waals surface area contributed by atoms with Crippen LogP contribution in [-0.4, -0.2) is 46.1 Å². The second-order valence-electron chi connectivity index (χ2n) is 7.41. The Morgan fingerprint density at radius 2 is 2.20 bits per heavy atom. The highest BCUT2D eigenvalue weighted by Crippen LogP contribution is 2.38. The standard InChI is InChI=1S/C19H25FN4O/c1-13(15-4-3-5-16(20)10-15)24-9-8-17(11-24)23(2)12-18-21-19(25-22-18)14-6-7-14/h3-5,10,13-14,17H,6-9,11-12H2,1-2H3/t13-,17-/m1/s1. The number of benzene rings is 1. The van der Waals surface area contributed by atoms with E-state index in [9.17, 15) is 4.39 Å². The molecule has 1 aliphatic carbocycles. The molecule has 1 saturated carbocycles. The Morgan fingerprint density at radius 3 is 2.96 bits per heavy atom. The molecule has 2 fully saturated rings. The van der Waals surface area contributed by atoms with Crippen molar-refractivity contribution in [1.29, 1.82) is 0 Å². The van der Waals surface area contributed by atoms with Gasteiger partial charge in [-0.1, -0.05) is 17.3 Å². The highest BCUT2D eigenvalue weighted by molar-refractivity contribution is 5.20. The van der Waals surface area contributed by atoms with Crippen molar-refractivity contribution in [1.82, 2.24) is 19.9 Å². The first-order chi connectivity index (χ1) is 12.1. The Balaban J connectivity index is 1.34. The Bertz CT molecular complexity index is 730. The normalized spacial score (nSPS) is 22.6. The van der Waals surface area contributed by atoms with Crippen molar-refractivity contribution in [2.75, 3.05) is 20.1 Å². The Labute approximate surface area is 147 Å². The molecule has 134 valence electrons. The quantitative estimate of drug-likeness (QED) is 0.804. The first-order valence-electron chi connectivity index (χ1n) is 9.12. The van der Waals surface area contributed by atoms with Gasteiger partial charge in [0.15, 0.2) is 5.82 Å². The monoisotopic (exact) mass is 344 g/mol. The van der Waals surface area contributed by atoms with Crippen LogP contribution in [0.2, 0.25) is 0 Å². The fourth-order valence-corrected chi connectivity index (χ4v) is 3.64. The predicted molar refractivity (Wildman–Crippen MR) is 92.5 cm³/mol. The van der Waals surface area contributed by atoms with Crippen LogP contribution in [0.3, 0.4) is 0 Å². The second-order valence-corrected chi connectivity index (χ2v) is 7.41. The van der Waals surface area contributed by atoms with Crippen molar-refractivity contribution in [3.05, 3.63) is 47.4 Å². The molecule has 0 radical (unpaired) electrons. The molecule has 25 heavy (non-hydrogen) atoms. The maximum atomic E-state index is 13.5. The summed E-state index contributed by atoms with van der Waals surface area (Å²) in [6, 6.07) is 7.61. The van der Waals surface area contributed by atoms with Gasteiger partial charge in [0.2, 0.25) is 5.89 Å². The minimum absolute atomic E-state index is 0.166. The van der Waals surface area contributed by atoms with Crippen molar-refractivity contribution < 1.29 is 8.91 Å². The Kier molecular flexibility index (Phi) is 4.56. The summed E-state index contributed by atoms with van der Waals surface area (Å²) in [4.78, 5) is 9.24. The number of rotatable bonds is 6. The van der Waals surface area contributed by atoms with Crippen molar-refractivity contribution in [3.63, 3.8) is 0 Å². The van der Waals surface area contributed by atoms with Gasteiger partial charge in [0, 0.05) is 31.1 Å². The van der Waals surface area contributed by atoms with E-state index < -0.39 is 0 Å². The van der Waals surface area contributed by atoms with E-state index in [0.717, 1.165) is 36.8 Å². The van der Waals surface area contributed by atoms with E-state index in [-0.39, 0.29) is 11.9 Å². The molecule has 6 heteroatoms. The van der Waals surface area contributed by atoms with Crippen molar-refractivity contribution in [2.45, 2.75) is 50.7 Å². The summed E-state index contributed by atoms with van der Waals surface area (Å²) in [5, 5.41) is 4.12. The van der Waals surface area contributed by atoms with Gasteiger partial charge in [0.05, 0.1) is 6.54 Å². The summed E-state index contributed by atoms with van der Waals surface area (Å²) in [5.74, 6) is 1.92. The lowest BCUT2D eigenvalue weighted by Gasteiger charge is -2.27. The minimum Gasteiger partial charge on any atom is -0.339 e. The first kappa shape index (κ1) is 16.7. The number of hydrogen-bond donors (Lipinski definition) is 0. The summed E-state index contributed by atoms with van der Waals surface area (Å²) < 4.78 is 18.8. The zero-order chi connectivity index (χ0) is 17.4. The van der Waals surface area contributed by atoms with Crippen LogP contribution in [0.5, 0.6) is 0 Å². The molecule has 2 heterocycles. The molecule has 1 aromatic carbocycles. The molecule has 0 bridgehead atoms. The van der Waals surface area contributed by atoms with Crippen LogP contribution in [0.1, 0.15) is 55.4 Å².